The number of ether oxygens (including phenoxy) is 1. The molecule has 2 aromatic carbocycles. The Balaban J connectivity index is 1.90. The molecule has 1 amide bonds. The smallest absolute Gasteiger partial charge is 0.350 e. The summed E-state index contributed by atoms with van der Waals surface area (Å²) in [6.07, 6.45) is 0. The third-order valence-electron chi connectivity index (χ3n) is 5.20. The van der Waals surface area contributed by atoms with Crippen molar-refractivity contribution >= 4 is 39.9 Å². The monoisotopic (exact) mass is 484 g/mol. The number of aromatic nitrogens is 1. The summed E-state index contributed by atoms with van der Waals surface area (Å²) in [5, 5.41) is 11.0. The van der Waals surface area contributed by atoms with Gasteiger partial charge >= 0.3 is 11.9 Å². The number of carbonyl (C=O) groups excluding carboxylic acids is 3. The average molecular weight is 484 g/mol. The predicted octanol–water partition coefficient (Wildman–Crippen LogP) is 4.53. The fraction of sp³-hybridized carbons (Fsp3) is 0.167. The first kappa shape index (κ1) is 23.2. The van der Waals surface area contributed by atoms with Crippen LogP contribution in [-0.4, -0.2) is 34.4 Å². The summed E-state index contributed by atoms with van der Waals surface area (Å²) in [4.78, 5) is 44.0. The molecule has 1 fully saturated rings. The molecule has 1 saturated heterocycles. The predicted molar refractivity (Wildman–Crippen MR) is 120 cm³/mol. The number of hydrogen-bond acceptors (Lipinski definition) is 7. The second-order valence-electron chi connectivity index (χ2n) is 7.36. The normalized spacial score (nSPS) is 17.3. The first-order chi connectivity index (χ1) is 16.2. The Labute approximate surface area is 196 Å². The number of thiazole rings is 1. The van der Waals surface area contributed by atoms with Gasteiger partial charge in [0.2, 0.25) is 0 Å². The van der Waals surface area contributed by atoms with Crippen LogP contribution < -0.4 is 4.90 Å². The molecule has 0 unspecified atom stereocenters. The number of amides is 1. The lowest BCUT2D eigenvalue weighted by molar-refractivity contribution is -0.132. The van der Waals surface area contributed by atoms with Crippen molar-refractivity contribution in [1.29, 1.82) is 0 Å². The van der Waals surface area contributed by atoms with Gasteiger partial charge in [0.1, 0.15) is 22.3 Å². The Morgan fingerprint density at radius 1 is 1.09 bits per heavy atom. The minimum Gasteiger partial charge on any atom is -0.507 e. The average Bonchev–Trinajstić information content (AvgIpc) is 3.31. The minimum atomic E-state index is -1.16. The number of aryl methyl sites for hydroxylation is 1. The minimum absolute atomic E-state index is 0.0372. The number of benzene rings is 2. The van der Waals surface area contributed by atoms with Crippen molar-refractivity contribution in [3.8, 4) is 0 Å². The molecule has 7 nitrogen and oxygen atoms in total. The van der Waals surface area contributed by atoms with E-state index in [1.807, 2.05) is 0 Å². The van der Waals surface area contributed by atoms with Crippen LogP contribution in [0.15, 0.2) is 54.1 Å². The topological polar surface area (TPSA) is 96.8 Å². The van der Waals surface area contributed by atoms with Crippen LogP contribution in [-0.2, 0) is 14.3 Å². The maximum Gasteiger partial charge on any atom is 0.350 e. The van der Waals surface area contributed by atoms with Gasteiger partial charge in [-0.05, 0) is 55.8 Å². The van der Waals surface area contributed by atoms with E-state index in [-0.39, 0.29) is 27.8 Å². The van der Waals surface area contributed by atoms with Crippen molar-refractivity contribution in [2.45, 2.75) is 19.9 Å². The Morgan fingerprint density at radius 3 is 2.26 bits per heavy atom. The van der Waals surface area contributed by atoms with Crippen molar-refractivity contribution in [3.63, 3.8) is 0 Å². The number of ketones is 1. The molecule has 10 heteroatoms. The first-order valence-corrected chi connectivity index (χ1v) is 11.0. The van der Waals surface area contributed by atoms with Gasteiger partial charge in [0.15, 0.2) is 5.13 Å². The molecule has 1 aromatic heterocycles. The highest BCUT2D eigenvalue weighted by Gasteiger charge is 2.48. The number of anilines is 1. The summed E-state index contributed by atoms with van der Waals surface area (Å²) in [6.45, 7) is 3.36. The number of esters is 1. The molecule has 0 spiro atoms. The van der Waals surface area contributed by atoms with Crippen molar-refractivity contribution in [3.05, 3.63) is 87.4 Å². The molecule has 0 radical (unpaired) electrons. The molecule has 0 bridgehead atoms. The SMILES string of the molecule is CCOC(=O)c1sc(N2C(=O)C(=O)C(=C(O)c3ccc(F)cc3)[C@@H]2c2ccc(F)cc2)nc1C. The summed E-state index contributed by atoms with van der Waals surface area (Å²) in [7, 11) is 0. The number of carbonyl (C=O) groups is 3. The Hall–Kier alpha value is -3.92. The number of aliphatic hydroxyl groups excluding tert-OH is 1. The van der Waals surface area contributed by atoms with E-state index in [0.29, 0.717) is 11.3 Å². The van der Waals surface area contributed by atoms with Gasteiger partial charge in [-0.1, -0.05) is 23.5 Å². The first-order valence-electron chi connectivity index (χ1n) is 10.2. The van der Waals surface area contributed by atoms with Crippen molar-refractivity contribution in [2.24, 2.45) is 0 Å². The quantitative estimate of drug-likeness (QED) is 0.247. The second kappa shape index (κ2) is 9.14. The molecular formula is C24H18F2N2O5S. The Kier molecular flexibility index (Phi) is 6.25. The van der Waals surface area contributed by atoms with Crippen LogP contribution in [0.5, 0.6) is 0 Å². The molecule has 1 N–H and O–H groups in total. The van der Waals surface area contributed by atoms with Gasteiger partial charge in [0.05, 0.1) is 23.9 Å². The largest absolute Gasteiger partial charge is 0.507 e. The number of Topliss-reactive ketones (excluding diaryl/α,β-unsaturated/α-hetero) is 1. The highest BCUT2D eigenvalue weighted by atomic mass is 32.1. The second-order valence-corrected chi connectivity index (χ2v) is 8.34. The molecule has 0 saturated carbocycles. The molecular weight excluding hydrogens is 466 g/mol. The molecule has 3 aromatic rings. The Bertz CT molecular complexity index is 1320. The molecule has 2 heterocycles. The zero-order valence-corrected chi connectivity index (χ0v) is 18.9. The molecule has 4 rings (SSSR count). The lowest BCUT2D eigenvalue weighted by atomic mass is 9.95. The molecule has 174 valence electrons. The van der Waals surface area contributed by atoms with E-state index < -0.39 is 41.1 Å². The van der Waals surface area contributed by atoms with Crippen LogP contribution in [0, 0.1) is 18.6 Å². The summed E-state index contributed by atoms with van der Waals surface area (Å²) < 4.78 is 32.0. The molecule has 0 aliphatic carbocycles. The van der Waals surface area contributed by atoms with Gasteiger partial charge in [-0.2, -0.15) is 0 Å². The third-order valence-corrected chi connectivity index (χ3v) is 6.34. The standard InChI is InChI=1S/C24H18F2N2O5S/c1-3-33-23(32)21-12(2)27-24(34-21)28-18(13-4-8-15(25)9-5-13)17(20(30)22(28)31)19(29)14-6-10-16(26)11-7-14/h4-11,18,29H,3H2,1-2H3/t18-/m0/s1. The summed E-state index contributed by atoms with van der Waals surface area (Å²) in [5.74, 6) is -4.20. The van der Waals surface area contributed by atoms with Gasteiger partial charge in [0.25, 0.3) is 5.78 Å². The third kappa shape index (κ3) is 4.08. The summed E-state index contributed by atoms with van der Waals surface area (Å²) in [6, 6.07) is 8.66. The number of nitrogens with zero attached hydrogens (tertiary/aromatic N) is 2. The number of halogens is 2. The van der Waals surface area contributed by atoms with Crippen molar-refractivity contribution in [2.75, 3.05) is 11.5 Å². The zero-order valence-electron chi connectivity index (χ0n) is 18.0. The molecule has 1 aliphatic heterocycles. The van der Waals surface area contributed by atoms with Crippen LogP contribution in [0.2, 0.25) is 0 Å². The van der Waals surface area contributed by atoms with E-state index >= 15 is 0 Å². The lowest BCUT2D eigenvalue weighted by Crippen LogP contribution is -2.29. The zero-order chi connectivity index (χ0) is 24.6. The van der Waals surface area contributed by atoms with E-state index in [1.165, 1.54) is 24.3 Å². The highest BCUT2D eigenvalue weighted by Crippen LogP contribution is 2.43. The maximum absolute atomic E-state index is 13.6. The van der Waals surface area contributed by atoms with E-state index in [4.69, 9.17) is 4.74 Å². The number of hydrogen-bond donors (Lipinski definition) is 1. The van der Waals surface area contributed by atoms with Gasteiger partial charge < -0.3 is 9.84 Å². The fourth-order valence-corrected chi connectivity index (χ4v) is 4.61. The van der Waals surface area contributed by atoms with E-state index in [0.717, 1.165) is 40.5 Å². The molecule has 1 aliphatic rings. The van der Waals surface area contributed by atoms with Crippen LogP contribution in [0.3, 0.4) is 0 Å². The van der Waals surface area contributed by atoms with E-state index in [2.05, 4.69) is 4.98 Å². The number of rotatable bonds is 5. The van der Waals surface area contributed by atoms with Gasteiger partial charge in [0, 0.05) is 5.56 Å². The molecule has 34 heavy (non-hydrogen) atoms. The van der Waals surface area contributed by atoms with Gasteiger partial charge in [-0.15, -0.1) is 0 Å². The summed E-state index contributed by atoms with van der Waals surface area (Å²) >= 11 is 0.863. The molecule has 1 atom stereocenters. The fourth-order valence-electron chi connectivity index (χ4n) is 3.62. The van der Waals surface area contributed by atoms with Crippen LogP contribution >= 0.6 is 11.3 Å². The van der Waals surface area contributed by atoms with Crippen LogP contribution in [0.25, 0.3) is 5.76 Å². The van der Waals surface area contributed by atoms with Crippen molar-refractivity contribution < 1.29 is 33.0 Å². The van der Waals surface area contributed by atoms with Gasteiger partial charge in [-0.3, -0.25) is 14.5 Å². The summed E-state index contributed by atoms with van der Waals surface area (Å²) in [5.41, 5.74) is 0.481. The van der Waals surface area contributed by atoms with E-state index in [1.54, 1.807) is 13.8 Å². The van der Waals surface area contributed by atoms with Crippen LogP contribution in [0.4, 0.5) is 13.9 Å². The van der Waals surface area contributed by atoms with Crippen molar-refractivity contribution in [1.82, 2.24) is 4.98 Å². The number of aliphatic hydroxyl groups is 1. The van der Waals surface area contributed by atoms with Gasteiger partial charge in [-0.25, -0.2) is 18.6 Å². The van der Waals surface area contributed by atoms with Crippen LogP contribution in [0.1, 0.15) is 39.5 Å². The Morgan fingerprint density at radius 2 is 1.68 bits per heavy atom. The maximum atomic E-state index is 13.6. The van der Waals surface area contributed by atoms with E-state index in [9.17, 15) is 28.3 Å². The lowest BCUT2D eigenvalue weighted by Gasteiger charge is -2.23. The highest BCUT2D eigenvalue weighted by molar-refractivity contribution is 7.17.